The van der Waals surface area contributed by atoms with E-state index < -0.39 is 10.0 Å². The third-order valence-electron chi connectivity index (χ3n) is 2.36. The molecule has 0 saturated carbocycles. The average Bonchev–Trinajstić information content (AvgIpc) is 2.76. The van der Waals surface area contributed by atoms with Crippen molar-refractivity contribution < 1.29 is 12.9 Å². The lowest BCUT2D eigenvalue weighted by atomic mass is 10.3. The topological polar surface area (TPSA) is 98.2 Å². The van der Waals surface area contributed by atoms with E-state index in [-0.39, 0.29) is 11.4 Å². The maximum absolute atomic E-state index is 12.1. The highest BCUT2D eigenvalue weighted by molar-refractivity contribution is 9.10. The van der Waals surface area contributed by atoms with Crippen LogP contribution in [0.2, 0.25) is 0 Å². The molecule has 8 heteroatoms. The van der Waals surface area contributed by atoms with Gasteiger partial charge in [-0.1, -0.05) is 5.16 Å². The first-order chi connectivity index (χ1) is 8.88. The molecule has 1 aromatic carbocycles. The summed E-state index contributed by atoms with van der Waals surface area (Å²) in [6, 6.07) is 6.26. The molecule has 0 saturated heterocycles. The van der Waals surface area contributed by atoms with Gasteiger partial charge in [0, 0.05) is 16.2 Å². The zero-order valence-corrected chi connectivity index (χ0v) is 12.5. The Morgan fingerprint density at radius 3 is 2.79 bits per heavy atom. The number of benzene rings is 1. The Morgan fingerprint density at radius 1 is 1.42 bits per heavy atom. The van der Waals surface area contributed by atoms with Gasteiger partial charge < -0.3 is 10.3 Å². The molecule has 0 atom stereocenters. The molecule has 0 amide bonds. The minimum Gasteiger partial charge on any atom is -0.399 e. The standard InChI is InChI=1S/C11H12BrN3O3S/c1-7-4-9(15-18-7)6-14-19(16,17)11-5-8(13)2-3-10(11)12/h2-5,14H,6,13H2,1H3. The Bertz CT molecular complexity index is 697. The van der Waals surface area contributed by atoms with Crippen molar-refractivity contribution in [3.63, 3.8) is 0 Å². The van der Waals surface area contributed by atoms with Gasteiger partial charge in [-0.15, -0.1) is 0 Å². The third kappa shape index (κ3) is 3.34. The summed E-state index contributed by atoms with van der Waals surface area (Å²) >= 11 is 3.19. The molecule has 0 spiro atoms. The molecule has 0 aliphatic heterocycles. The molecular weight excluding hydrogens is 334 g/mol. The molecule has 102 valence electrons. The van der Waals surface area contributed by atoms with Gasteiger partial charge in [0.05, 0.1) is 17.1 Å². The molecule has 0 aliphatic carbocycles. The van der Waals surface area contributed by atoms with Gasteiger partial charge in [0.2, 0.25) is 10.0 Å². The third-order valence-corrected chi connectivity index (χ3v) is 4.76. The highest BCUT2D eigenvalue weighted by atomic mass is 79.9. The van der Waals surface area contributed by atoms with Crippen LogP contribution < -0.4 is 10.5 Å². The maximum atomic E-state index is 12.1. The summed E-state index contributed by atoms with van der Waals surface area (Å²) in [7, 11) is -3.66. The number of nitrogens with two attached hydrogens (primary N) is 1. The molecular formula is C11H12BrN3O3S. The smallest absolute Gasteiger partial charge is 0.242 e. The summed E-state index contributed by atoms with van der Waals surface area (Å²) in [4.78, 5) is 0.0905. The largest absolute Gasteiger partial charge is 0.399 e. The Hall–Kier alpha value is -1.38. The first kappa shape index (κ1) is 14.0. The normalized spacial score (nSPS) is 11.7. The lowest BCUT2D eigenvalue weighted by Crippen LogP contribution is -2.23. The van der Waals surface area contributed by atoms with E-state index >= 15 is 0 Å². The van der Waals surface area contributed by atoms with Crippen molar-refractivity contribution in [3.05, 3.63) is 40.2 Å². The summed E-state index contributed by atoms with van der Waals surface area (Å²) in [5.74, 6) is 0.624. The molecule has 2 rings (SSSR count). The quantitative estimate of drug-likeness (QED) is 0.823. The van der Waals surface area contributed by atoms with Crippen LogP contribution in [-0.4, -0.2) is 13.6 Å². The summed E-state index contributed by atoms with van der Waals surface area (Å²) < 4.78 is 32.0. The van der Waals surface area contributed by atoms with Crippen LogP contribution in [0.15, 0.2) is 38.2 Å². The number of aryl methyl sites for hydroxylation is 1. The van der Waals surface area contributed by atoms with Crippen LogP contribution in [0.3, 0.4) is 0 Å². The fraction of sp³-hybridized carbons (Fsp3) is 0.182. The van der Waals surface area contributed by atoms with Gasteiger partial charge in [-0.25, -0.2) is 13.1 Å². The molecule has 1 heterocycles. The van der Waals surface area contributed by atoms with Crippen molar-refractivity contribution in [1.82, 2.24) is 9.88 Å². The number of nitrogens with zero attached hydrogens (tertiary/aromatic N) is 1. The number of sulfonamides is 1. The van der Waals surface area contributed by atoms with Gasteiger partial charge in [-0.05, 0) is 41.1 Å². The maximum Gasteiger partial charge on any atom is 0.242 e. The fourth-order valence-electron chi connectivity index (χ4n) is 1.47. The monoisotopic (exact) mass is 345 g/mol. The van der Waals surface area contributed by atoms with Crippen molar-refractivity contribution in [2.24, 2.45) is 0 Å². The zero-order valence-electron chi connectivity index (χ0n) is 10.1. The molecule has 19 heavy (non-hydrogen) atoms. The van der Waals surface area contributed by atoms with Crippen molar-refractivity contribution >= 4 is 31.6 Å². The van der Waals surface area contributed by atoms with Crippen LogP contribution in [0.4, 0.5) is 5.69 Å². The Labute approximate surface area is 119 Å². The number of rotatable bonds is 4. The average molecular weight is 346 g/mol. The predicted molar refractivity (Wildman–Crippen MR) is 73.8 cm³/mol. The highest BCUT2D eigenvalue weighted by Gasteiger charge is 2.18. The number of aromatic nitrogens is 1. The van der Waals surface area contributed by atoms with E-state index in [1.54, 1.807) is 25.1 Å². The minimum absolute atomic E-state index is 0.0565. The number of nitrogen functional groups attached to an aromatic ring is 1. The number of halogens is 1. The second kappa shape index (κ2) is 5.32. The first-order valence-electron chi connectivity index (χ1n) is 5.35. The molecule has 2 aromatic rings. The lowest BCUT2D eigenvalue weighted by molar-refractivity contribution is 0.390. The number of anilines is 1. The summed E-state index contributed by atoms with van der Waals surface area (Å²) in [5.41, 5.74) is 6.49. The van der Waals surface area contributed by atoms with Crippen LogP contribution in [0.5, 0.6) is 0 Å². The Balaban J connectivity index is 2.20. The van der Waals surface area contributed by atoms with Gasteiger partial charge in [0.25, 0.3) is 0 Å². The molecule has 0 aliphatic rings. The zero-order chi connectivity index (χ0) is 14.0. The van der Waals surface area contributed by atoms with Crippen LogP contribution >= 0.6 is 15.9 Å². The van der Waals surface area contributed by atoms with Crippen molar-refractivity contribution in [1.29, 1.82) is 0 Å². The fourth-order valence-corrected chi connectivity index (χ4v) is 3.47. The lowest BCUT2D eigenvalue weighted by Gasteiger charge is -2.08. The highest BCUT2D eigenvalue weighted by Crippen LogP contribution is 2.24. The van der Waals surface area contributed by atoms with Gasteiger partial charge in [0.1, 0.15) is 5.76 Å². The molecule has 0 fully saturated rings. The Morgan fingerprint density at radius 2 is 2.16 bits per heavy atom. The first-order valence-corrected chi connectivity index (χ1v) is 7.63. The van der Waals surface area contributed by atoms with Gasteiger partial charge in [-0.3, -0.25) is 0 Å². The molecule has 1 aromatic heterocycles. The van der Waals surface area contributed by atoms with Crippen LogP contribution in [-0.2, 0) is 16.6 Å². The predicted octanol–water partition coefficient (Wildman–Crippen LogP) is 1.81. The number of hydrogen-bond acceptors (Lipinski definition) is 5. The van der Waals surface area contributed by atoms with E-state index in [0.29, 0.717) is 21.6 Å². The van der Waals surface area contributed by atoms with Crippen molar-refractivity contribution in [2.45, 2.75) is 18.4 Å². The van der Waals surface area contributed by atoms with Crippen LogP contribution in [0.25, 0.3) is 0 Å². The van der Waals surface area contributed by atoms with E-state index in [4.69, 9.17) is 10.3 Å². The van der Waals surface area contributed by atoms with Crippen molar-refractivity contribution in [2.75, 3.05) is 5.73 Å². The van der Waals surface area contributed by atoms with E-state index in [1.807, 2.05) is 0 Å². The van der Waals surface area contributed by atoms with Crippen LogP contribution in [0, 0.1) is 6.92 Å². The SMILES string of the molecule is Cc1cc(CNS(=O)(=O)c2cc(N)ccc2Br)no1. The molecule has 3 N–H and O–H groups in total. The molecule has 0 bridgehead atoms. The summed E-state index contributed by atoms with van der Waals surface area (Å²) in [5, 5.41) is 3.71. The van der Waals surface area contributed by atoms with E-state index in [9.17, 15) is 8.42 Å². The molecule has 0 unspecified atom stereocenters. The summed E-state index contributed by atoms with van der Waals surface area (Å²) in [6.45, 7) is 1.79. The van der Waals surface area contributed by atoms with Crippen molar-refractivity contribution in [3.8, 4) is 0 Å². The van der Waals surface area contributed by atoms with E-state index in [2.05, 4.69) is 25.8 Å². The van der Waals surface area contributed by atoms with E-state index in [0.717, 1.165) is 0 Å². The minimum atomic E-state index is -3.66. The molecule has 0 radical (unpaired) electrons. The summed E-state index contributed by atoms with van der Waals surface area (Å²) in [6.07, 6.45) is 0. The van der Waals surface area contributed by atoms with Gasteiger partial charge >= 0.3 is 0 Å². The second-order valence-corrected chi connectivity index (χ2v) is 6.53. The van der Waals surface area contributed by atoms with E-state index in [1.165, 1.54) is 6.07 Å². The molecule has 6 nitrogen and oxygen atoms in total. The Kier molecular flexibility index (Phi) is 3.93. The number of hydrogen-bond donors (Lipinski definition) is 2. The van der Waals surface area contributed by atoms with Crippen LogP contribution in [0.1, 0.15) is 11.5 Å². The number of nitrogens with one attached hydrogen (secondary N) is 1. The van der Waals surface area contributed by atoms with Gasteiger partial charge in [-0.2, -0.15) is 0 Å². The second-order valence-electron chi connectivity index (χ2n) is 3.94. The van der Waals surface area contributed by atoms with Gasteiger partial charge in [0.15, 0.2) is 0 Å².